The maximum absolute atomic E-state index is 11.7. The molecular weight excluding hydrogens is 276 g/mol. The van der Waals surface area contributed by atoms with Gasteiger partial charge in [-0.25, -0.2) is 4.79 Å². The van der Waals surface area contributed by atoms with Crippen molar-refractivity contribution in [1.29, 1.82) is 0 Å². The second kappa shape index (κ2) is 6.85. The topological polar surface area (TPSA) is 116 Å². The van der Waals surface area contributed by atoms with Gasteiger partial charge in [-0.3, -0.25) is 9.59 Å². The van der Waals surface area contributed by atoms with E-state index in [2.05, 4.69) is 10.6 Å². The number of carboxylic acid groups (broad SMARTS) is 1. The van der Waals surface area contributed by atoms with Crippen molar-refractivity contribution in [3.8, 4) is 0 Å². The second-order valence-corrected chi connectivity index (χ2v) is 4.90. The van der Waals surface area contributed by atoms with Crippen LogP contribution in [0.1, 0.15) is 22.8 Å². The molecule has 0 heterocycles. The number of aliphatic hydroxyl groups is 1. The van der Waals surface area contributed by atoms with E-state index in [0.717, 1.165) is 12.5 Å². The van der Waals surface area contributed by atoms with E-state index in [0.29, 0.717) is 5.56 Å². The molecule has 1 atom stereocenters. The Kier molecular flexibility index (Phi) is 5.43. The molecule has 1 aromatic carbocycles. The van der Waals surface area contributed by atoms with Crippen molar-refractivity contribution in [2.75, 3.05) is 13.1 Å². The summed E-state index contributed by atoms with van der Waals surface area (Å²) in [5.41, 5.74) is -0.609. The maximum Gasteiger partial charge on any atom is 0.337 e. The van der Waals surface area contributed by atoms with E-state index in [1.54, 1.807) is 24.3 Å². The number of carbonyl (C=O) groups is 3. The largest absolute Gasteiger partial charge is 0.479 e. The van der Waals surface area contributed by atoms with Crippen LogP contribution in [-0.4, -0.2) is 46.7 Å². The second-order valence-electron chi connectivity index (χ2n) is 4.90. The normalized spacial score (nSPS) is 13.1. The molecule has 1 rings (SSSR count). The van der Waals surface area contributed by atoms with Gasteiger partial charge in [0, 0.05) is 5.56 Å². The predicted molar refractivity (Wildman–Crippen MR) is 74.8 cm³/mol. The van der Waals surface area contributed by atoms with E-state index in [9.17, 15) is 19.5 Å². The third-order valence-corrected chi connectivity index (χ3v) is 2.81. The van der Waals surface area contributed by atoms with Crippen LogP contribution < -0.4 is 10.6 Å². The minimum absolute atomic E-state index is 0.303. The van der Waals surface area contributed by atoms with Crippen LogP contribution in [0.5, 0.6) is 0 Å². The molecule has 1 aromatic rings. The molecule has 7 heteroatoms. The number of amides is 2. The van der Waals surface area contributed by atoms with Crippen LogP contribution in [0.15, 0.2) is 24.3 Å². The van der Waals surface area contributed by atoms with Crippen molar-refractivity contribution in [3.05, 3.63) is 35.4 Å². The van der Waals surface area contributed by atoms with Crippen molar-refractivity contribution in [1.82, 2.24) is 10.6 Å². The summed E-state index contributed by atoms with van der Waals surface area (Å²) >= 11 is 0. The number of nitrogens with one attached hydrogen (secondary N) is 2. The average molecular weight is 294 g/mol. The smallest absolute Gasteiger partial charge is 0.337 e. The molecule has 1 unspecified atom stereocenters. The zero-order valence-corrected chi connectivity index (χ0v) is 11.8. The summed E-state index contributed by atoms with van der Waals surface area (Å²) in [6.07, 6.45) is 0. The van der Waals surface area contributed by atoms with Crippen LogP contribution in [0.25, 0.3) is 0 Å². The highest BCUT2D eigenvalue weighted by molar-refractivity contribution is 5.96. The zero-order valence-electron chi connectivity index (χ0n) is 11.8. The summed E-state index contributed by atoms with van der Waals surface area (Å²) in [6.45, 7) is 2.22. The number of carboxylic acids is 1. The Hall–Kier alpha value is -2.41. The molecule has 0 aliphatic heterocycles. The Bertz CT molecular complexity index is 537. The summed E-state index contributed by atoms with van der Waals surface area (Å²) in [5, 5.41) is 22.7. The molecule has 2 amide bonds. The third kappa shape index (κ3) is 5.23. The van der Waals surface area contributed by atoms with Crippen molar-refractivity contribution >= 4 is 17.8 Å². The molecule has 4 N–H and O–H groups in total. The number of benzene rings is 1. The van der Waals surface area contributed by atoms with Crippen LogP contribution >= 0.6 is 0 Å². The van der Waals surface area contributed by atoms with E-state index in [1.807, 2.05) is 6.92 Å². The average Bonchev–Trinajstić information content (AvgIpc) is 2.43. The number of rotatable bonds is 6. The lowest BCUT2D eigenvalue weighted by Crippen LogP contribution is -2.48. The molecule has 0 saturated heterocycles. The first-order valence-electron chi connectivity index (χ1n) is 6.30. The number of aryl methyl sites for hydroxylation is 1. The molecule has 0 aliphatic carbocycles. The fourth-order valence-electron chi connectivity index (χ4n) is 1.38. The van der Waals surface area contributed by atoms with Gasteiger partial charge in [-0.15, -0.1) is 0 Å². The highest BCUT2D eigenvalue weighted by atomic mass is 16.4. The molecule has 0 aliphatic rings. The Labute approximate surface area is 122 Å². The number of carbonyl (C=O) groups excluding carboxylic acids is 2. The Morgan fingerprint density at radius 3 is 2.24 bits per heavy atom. The quantitative estimate of drug-likeness (QED) is 0.574. The lowest BCUT2D eigenvalue weighted by molar-refractivity contribution is -0.156. The Morgan fingerprint density at radius 2 is 1.71 bits per heavy atom. The monoisotopic (exact) mass is 294 g/mol. The molecule has 21 heavy (non-hydrogen) atoms. The number of hydrogen-bond acceptors (Lipinski definition) is 4. The van der Waals surface area contributed by atoms with E-state index < -0.39 is 29.9 Å². The minimum Gasteiger partial charge on any atom is -0.479 e. The first-order valence-corrected chi connectivity index (χ1v) is 6.30. The van der Waals surface area contributed by atoms with Gasteiger partial charge in [0.1, 0.15) is 0 Å². The third-order valence-electron chi connectivity index (χ3n) is 2.81. The van der Waals surface area contributed by atoms with Crippen LogP contribution in [0.3, 0.4) is 0 Å². The maximum atomic E-state index is 11.7. The van der Waals surface area contributed by atoms with Gasteiger partial charge in [0.15, 0.2) is 5.60 Å². The molecule has 0 spiro atoms. The SMILES string of the molecule is Cc1ccc(C(=O)NCC(=O)NCC(C)(O)C(=O)O)cc1. The molecule has 114 valence electrons. The number of hydrogen-bond donors (Lipinski definition) is 4. The van der Waals surface area contributed by atoms with E-state index in [1.165, 1.54) is 0 Å². The molecule has 0 fully saturated rings. The summed E-state index contributed by atoms with van der Waals surface area (Å²) in [5.74, 6) is -2.43. The predicted octanol–water partition coefficient (Wildman–Crippen LogP) is -0.323. The van der Waals surface area contributed by atoms with Gasteiger partial charge in [0.2, 0.25) is 5.91 Å². The van der Waals surface area contributed by atoms with E-state index in [4.69, 9.17) is 5.11 Å². The standard InChI is InChI=1S/C14H18N2O5/c1-9-3-5-10(6-4-9)12(18)15-7-11(17)16-8-14(2,21)13(19)20/h3-6,21H,7-8H2,1-2H3,(H,15,18)(H,16,17)(H,19,20). The zero-order chi connectivity index (χ0) is 16.0. The first kappa shape index (κ1) is 16.6. The first-order chi connectivity index (χ1) is 9.72. The molecule has 0 radical (unpaired) electrons. The van der Waals surface area contributed by atoms with Gasteiger partial charge >= 0.3 is 5.97 Å². The van der Waals surface area contributed by atoms with Crippen LogP contribution in [0.4, 0.5) is 0 Å². The van der Waals surface area contributed by atoms with Gasteiger partial charge in [-0.05, 0) is 26.0 Å². The highest BCUT2D eigenvalue weighted by Gasteiger charge is 2.30. The molecule has 0 bridgehead atoms. The summed E-state index contributed by atoms with van der Waals surface area (Å²) in [6, 6.07) is 6.83. The molecular formula is C14H18N2O5. The van der Waals surface area contributed by atoms with E-state index >= 15 is 0 Å². The van der Waals surface area contributed by atoms with Gasteiger partial charge in [-0.1, -0.05) is 17.7 Å². The molecule has 0 saturated carbocycles. The highest BCUT2D eigenvalue weighted by Crippen LogP contribution is 2.03. The van der Waals surface area contributed by atoms with Gasteiger partial charge in [0.25, 0.3) is 5.91 Å². The van der Waals surface area contributed by atoms with Gasteiger partial charge < -0.3 is 20.8 Å². The Morgan fingerprint density at radius 1 is 1.14 bits per heavy atom. The van der Waals surface area contributed by atoms with Crippen molar-refractivity contribution in [2.45, 2.75) is 19.4 Å². The van der Waals surface area contributed by atoms with Crippen LogP contribution in [-0.2, 0) is 9.59 Å². The summed E-state index contributed by atoms with van der Waals surface area (Å²) < 4.78 is 0. The van der Waals surface area contributed by atoms with E-state index in [-0.39, 0.29) is 6.54 Å². The molecule has 0 aromatic heterocycles. The molecule has 7 nitrogen and oxygen atoms in total. The fraction of sp³-hybridized carbons (Fsp3) is 0.357. The van der Waals surface area contributed by atoms with Gasteiger partial charge in [0.05, 0.1) is 13.1 Å². The van der Waals surface area contributed by atoms with Crippen molar-refractivity contribution < 1.29 is 24.6 Å². The van der Waals surface area contributed by atoms with Gasteiger partial charge in [-0.2, -0.15) is 0 Å². The lowest BCUT2D eigenvalue weighted by Gasteiger charge is -2.18. The van der Waals surface area contributed by atoms with Crippen molar-refractivity contribution in [2.24, 2.45) is 0 Å². The fourth-order valence-corrected chi connectivity index (χ4v) is 1.38. The lowest BCUT2D eigenvalue weighted by atomic mass is 10.1. The summed E-state index contributed by atoms with van der Waals surface area (Å²) in [4.78, 5) is 33.8. The summed E-state index contributed by atoms with van der Waals surface area (Å²) in [7, 11) is 0. The van der Waals surface area contributed by atoms with Crippen LogP contribution in [0, 0.1) is 6.92 Å². The van der Waals surface area contributed by atoms with Crippen molar-refractivity contribution in [3.63, 3.8) is 0 Å². The minimum atomic E-state index is -2.05. The Balaban J connectivity index is 2.41. The van der Waals surface area contributed by atoms with Crippen LogP contribution in [0.2, 0.25) is 0 Å². The number of aliphatic carboxylic acids is 1.